The lowest BCUT2D eigenvalue weighted by Gasteiger charge is -2.24. The molecule has 1 saturated heterocycles. The van der Waals surface area contributed by atoms with E-state index in [1.54, 1.807) is 0 Å². The minimum absolute atomic E-state index is 0.714. The van der Waals surface area contributed by atoms with Crippen molar-refractivity contribution in [1.82, 2.24) is 4.90 Å². The molecule has 0 amide bonds. The summed E-state index contributed by atoms with van der Waals surface area (Å²) in [6, 6.07) is 2.95. The molecular weight excluding hydrogens is 338 g/mol. The van der Waals surface area contributed by atoms with E-state index >= 15 is 0 Å². The number of alkyl halides is 1. The summed E-state index contributed by atoms with van der Waals surface area (Å²) in [5.74, 6) is 0.827. The van der Waals surface area contributed by atoms with E-state index in [0.717, 1.165) is 17.8 Å². The van der Waals surface area contributed by atoms with Crippen molar-refractivity contribution >= 4 is 43.2 Å². The van der Waals surface area contributed by atoms with Crippen LogP contribution in [-0.2, 0) is 6.54 Å². The number of thiophene rings is 1. The Balaban J connectivity index is 2.00. The Bertz CT molecular complexity index is 326. The molecule has 0 bridgehead atoms. The highest BCUT2D eigenvalue weighted by atomic mass is 79.9. The van der Waals surface area contributed by atoms with Crippen molar-refractivity contribution in [2.24, 2.45) is 5.92 Å². The number of rotatable bonds is 3. The molecule has 1 aromatic rings. The molecule has 1 aliphatic rings. The van der Waals surface area contributed by atoms with E-state index in [-0.39, 0.29) is 0 Å². The van der Waals surface area contributed by atoms with E-state index in [2.05, 4.69) is 55.1 Å². The van der Waals surface area contributed by atoms with E-state index in [0.29, 0.717) is 6.04 Å². The van der Waals surface area contributed by atoms with Gasteiger partial charge in [0.1, 0.15) is 0 Å². The molecule has 1 fully saturated rings. The monoisotopic (exact) mass is 351 g/mol. The van der Waals surface area contributed by atoms with Crippen LogP contribution in [0.1, 0.15) is 18.2 Å². The second kappa shape index (κ2) is 5.30. The lowest BCUT2D eigenvalue weighted by molar-refractivity contribution is 0.246. The Labute approximate surface area is 112 Å². The molecule has 15 heavy (non-hydrogen) atoms. The van der Waals surface area contributed by atoms with Crippen molar-refractivity contribution in [3.05, 3.63) is 20.8 Å². The molecule has 0 N–H and O–H groups in total. The van der Waals surface area contributed by atoms with Gasteiger partial charge >= 0.3 is 0 Å². The first-order valence-corrected chi connectivity index (χ1v) is 8.03. The van der Waals surface area contributed by atoms with Gasteiger partial charge in [0.05, 0.1) is 0 Å². The Morgan fingerprint density at radius 3 is 3.00 bits per heavy atom. The SMILES string of the molecule is CC1CCN(Cc2cc(Br)cs2)C1CBr. The molecule has 2 unspecified atom stereocenters. The summed E-state index contributed by atoms with van der Waals surface area (Å²) < 4.78 is 1.21. The molecule has 0 aromatic carbocycles. The van der Waals surface area contributed by atoms with E-state index < -0.39 is 0 Å². The number of hydrogen-bond donors (Lipinski definition) is 0. The third-order valence-electron chi connectivity index (χ3n) is 3.14. The largest absolute Gasteiger partial charge is 0.294 e. The summed E-state index contributed by atoms with van der Waals surface area (Å²) >= 11 is 8.98. The van der Waals surface area contributed by atoms with Crippen LogP contribution in [-0.4, -0.2) is 22.8 Å². The molecule has 4 heteroatoms. The number of nitrogens with zero attached hydrogens (tertiary/aromatic N) is 1. The quantitative estimate of drug-likeness (QED) is 0.739. The second-order valence-electron chi connectivity index (χ2n) is 4.19. The molecule has 84 valence electrons. The fourth-order valence-corrected chi connectivity index (χ4v) is 4.69. The first-order valence-electron chi connectivity index (χ1n) is 5.23. The van der Waals surface area contributed by atoms with Gasteiger partial charge < -0.3 is 0 Å². The van der Waals surface area contributed by atoms with E-state index in [1.807, 2.05) is 11.3 Å². The summed E-state index contributed by atoms with van der Waals surface area (Å²) in [6.45, 7) is 4.71. The molecule has 1 nitrogen and oxygen atoms in total. The smallest absolute Gasteiger partial charge is 0.0331 e. The topological polar surface area (TPSA) is 3.24 Å². The van der Waals surface area contributed by atoms with Crippen molar-refractivity contribution < 1.29 is 0 Å². The fourth-order valence-electron chi connectivity index (χ4n) is 2.17. The maximum atomic E-state index is 3.63. The summed E-state index contributed by atoms with van der Waals surface area (Å²) in [5.41, 5.74) is 0. The van der Waals surface area contributed by atoms with E-state index in [4.69, 9.17) is 0 Å². The van der Waals surface area contributed by atoms with Crippen LogP contribution in [0.15, 0.2) is 15.9 Å². The lowest BCUT2D eigenvalue weighted by atomic mass is 10.1. The molecule has 0 aliphatic carbocycles. The lowest BCUT2D eigenvalue weighted by Crippen LogP contribution is -2.32. The van der Waals surface area contributed by atoms with E-state index in [1.165, 1.54) is 22.3 Å². The second-order valence-corrected chi connectivity index (χ2v) is 6.75. The van der Waals surface area contributed by atoms with Gasteiger partial charge in [-0.1, -0.05) is 22.9 Å². The standard InChI is InChI=1S/C11H15Br2NS/c1-8-2-3-14(11(8)5-12)6-10-4-9(13)7-15-10/h4,7-8,11H,2-3,5-6H2,1H3. The van der Waals surface area contributed by atoms with Gasteiger partial charge in [0.15, 0.2) is 0 Å². The molecule has 0 radical (unpaired) electrons. The molecular formula is C11H15Br2NS. The van der Waals surface area contributed by atoms with Crippen molar-refractivity contribution in [3.8, 4) is 0 Å². The predicted octanol–water partition coefficient (Wildman–Crippen LogP) is 4.12. The van der Waals surface area contributed by atoms with Gasteiger partial charge in [-0.15, -0.1) is 11.3 Å². The van der Waals surface area contributed by atoms with Crippen LogP contribution < -0.4 is 0 Å². The molecule has 0 spiro atoms. The Morgan fingerprint density at radius 1 is 1.60 bits per heavy atom. The Hall–Kier alpha value is 0.620. The molecule has 2 rings (SSSR count). The highest BCUT2D eigenvalue weighted by Gasteiger charge is 2.30. The zero-order chi connectivity index (χ0) is 10.8. The van der Waals surface area contributed by atoms with Gasteiger partial charge in [0, 0.05) is 32.6 Å². The van der Waals surface area contributed by atoms with Crippen molar-refractivity contribution in [2.75, 3.05) is 11.9 Å². The van der Waals surface area contributed by atoms with Crippen molar-refractivity contribution in [3.63, 3.8) is 0 Å². The van der Waals surface area contributed by atoms with Gasteiger partial charge in [0.2, 0.25) is 0 Å². The minimum atomic E-state index is 0.714. The average Bonchev–Trinajstić information content (AvgIpc) is 2.75. The van der Waals surface area contributed by atoms with Crippen molar-refractivity contribution in [1.29, 1.82) is 0 Å². The first-order chi connectivity index (χ1) is 7.20. The summed E-state index contributed by atoms with van der Waals surface area (Å²) in [7, 11) is 0. The van der Waals surface area contributed by atoms with Crippen molar-refractivity contribution in [2.45, 2.75) is 25.9 Å². The predicted molar refractivity (Wildman–Crippen MR) is 73.8 cm³/mol. The number of halogens is 2. The van der Waals surface area contributed by atoms with Gasteiger partial charge in [-0.25, -0.2) is 0 Å². The zero-order valence-electron chi connectivity index (χ0n) is 8.75. The summed E-state index contributed by atoms with van der Waals surface area (Å²) in [6.07, 6.45) is 1.34. The average molecular weight is 353 g/mol. The maximum absolute atomic E-state index is 3.63. The van der Waals surface area contributed by atoms with Crippen LogP contribution >= 0.6 is 43.2 Å². The zero-order valence-corrected chi connectivity index (χ0v) is 12.7. The van der Waals surface area contributed by atoms with Gasteiger partial charge in [-0.05, 0) is 40.9 Å². The fraction of sp³-hybridized carbons (Fsp3) is 0.636. The van der Waals surface area contributed by atoms with Crippen LogP contribution in [0.25, 0.3) is 0 Å². The van der Waals surface area contributed by atoms with Crippen LogP contribution in [0.3, 0.4) is 0 Å². The normalized spacial score (nSPS) is 27.4. The highest BCUT2D eigenvalue weighted by molar-refractivity contribution is 9.10. The summed E-state index contributed by atoms with van der Waals surface area (Å²) in [5, 5.41) is 3.26. The van der Waals surface area contributed by atoms with Crippen LogP contribution in [0.4, 0.5) is 0 Å². The maximum Gasteiger partial charge on any atom is 0.0331 e. The molecule has 0 saturated carbocycles. The third kappa shape index (κ3) is 2.84. The highest BCUT2D eigenvalue weighted by Crippen LogP contribution is 2.29. The van der Waals surface area contributed by atoms with E-state index in [9.17, 15) is 0 Å². The molecule has 1 aromatic heterocycles. The van der Waals surface area contributed by atoms with Crippen LogP contribution in [0.2, 0.25) is 0 Å². The molecule has 2 heterocycles. The summed E-state index contributed by atoms with van der Waals surface area (Å²) in [4.78, 5) is 4.06. The number of likely N-dealkylation sites (tertiary alicyclic amines) is 1. The van der Waals surface area contributed by atoms with Gasteiger partial charge in [0.25, 0.3) is 0 Å². The minimum Gasteiger partial charge on any atom is -0.294 e. The Kier molecular flexibility index (Phi) is 4.27. The van der Waals surface area contributed by atoms with Gasteiger partial charge in [-0.3, -0.25) is 4.90 Å². The molecule has 1 aliphatic heterocycles. The van der Waals surface area contributed by atoms with Gasteiger partial charge in [-0.2, -0.15) is 0 Å². The van der Waals surface area contributed by atoms with Crippen LogP contribution in [0, 0.1) is 5.92 Å². The Morgan fingerprint density at radius 2 is 2.40 bits per heavy atom. The third-order valence-corrected chi connectivity index (χ3v) is 5.48. The number of hydrogen-bond acceptors (Lipinski definition) is 2. The molecule has 2 atom stereocenters. The van der Waals surface area contributed by atoms with Crippen LogP contribution in [0.5, 0.6) is 0 Å². The first kappa shape index (κ1) is 12.1.